The van der Waals surface area contributed by atoms with Gasteiger partial charge in [0.25, 0.3) is 0 Å². The number of nitro groups is 1. The first-order valence-corrected chi connectivity index (χ1v) is 7.48. The van der Waals surface area contributed by atoms with E-state index in [-0.39, 0.29) is 10.6 Å². The molecule has 1 aromatic heterocycles. The summed E-state index contributed by atoms with van der Waals surface area (Å²) >= 11 is 3.22. The third-order valence-corrected chi connectivity index (χ3v) is 4.42. The van der Waals surface area contributed by atoms with Gasteiger partial charge in [-0.1, -0.05) is 0 Å². The lowest BCUT2D eigenvalue weighted by atomic mass is 9.98. The maximum absolute atomic E-state index is 11.0. The summed E-state index contributed by atoms with van der Waals surface area (Å²) in [5.74, 6) is 2.72. The van der Waals surface area contributed by atoms with Crippen LogP contribution >= 0.6 is 15.9 Å². The maximum atomic E-state index is 11.0. The molecule has 1 heterocycles. The van der Waals surface area contributed by atoms with E-state index in [4.69, 9.17) is 0 Å². The van der Waals surface area contributed by atoms with Crippen molar-refractivity contribution in [2.75, 3.05) is 11.9 Å². The highest BCUT2D eigenvalue weighted by Gasteiger charge is 2.41. The number of nitrogens with zero attached hydrogens (tertiary/aromatic N) is 2. The smallest absolute Gasteiger partial charge is 0.312 e. The predicted octanol–water partition coefficient (Wildman–Crippen LogP) is 3.60. The zero-order chi connectivity index (χ0) is 13.4. The fourth-order valence-electron chi connectivity index (χ4n) is 2.69. The quantitative estimate of drug-likeness (QED) is 0.641. The molecule has 0 spiro atoms. The molecule has 0 amide bonds. The van der Waals surface area contributed by atoms with Gasteiger partial charge >= 0.3 is 5.69 Å². The monoisotopic (exact) mass is 325 g/mol. The number of hydrogen-bond acceptors (Lipinski definition) is 4. The van der Waals surface area contributed by atoms with Gasteiger partial charge in [-0.2, -0.15) is 0 Å². The second-order valence-electron chi connectivity index (χ2n) is 5.50. The van der Waals surface area contributed by atoms with Crippen LogP contribution in [-0.4, -0.2) is 16.5 Å². The second kappa shape index (κ2) is 5.07. The van der Waals surface area contributed by atoms with Gasteiger partial charge < -0.3 is 5.32 Å². The van der Waals surface area contributed by atoms with Crippen LogP contribution < -0.4 is 5.32 Å². The van der Waals surface area contributed by atoms with Crippen LogP contribution in [0, 0.1) is 27.9 Å². The van der Waals surface area contributed by atoms with Crippen molar-refractivity contribution < 1.29 is 4.92 Å². The van der Waals surface area contributed by atoms with Gasteiger partial charge in [0.1, 0.15) is 0 Å². The van der Waals surface area contributed by atoms with E-state index in [9.17, 15) is 10.1 Å². The standard InChI is InChI=1S/C13H16BrN3O2/c14-10-5-12(17(18)19)13(15-6-10)16-7-11(8-1-2-8)9-3-4-9/h5-6,8-9,11H,1-4,7H2,(H,15,16). The van der Waals surface area contributed by atoms with Crippen LogP contribution in [0.4, 0.5) is 11.5 Å². The minimum absolute atomic E-state index is 0.0414. The molecule has 3 rings (SSSR count). The van der Waals surface area contributed by atoms with Crippen LogP contribution in [0.2, 0.25) is 0 Å². The molecule has 2 aliphatic carbocycles. The van der Waals surface area contributed by atoms with Crippen molar-refractivity contribution in [2.24, 2.45) is 17.8 Å². The van der Waals surface area contributed by atoms with Gasteiger partial charge in [0, 0.05) is 23.3 Å². The van der Waals surface area contributed by atoms with Crippen molar-refractivity contribution in [3.8, 4) is 0 Å². The third kappa shape index (κ3) is 3.05. The molecule has 5 nitrogen and oxygen atoms in total. The van der Waals surface area contributed by atoms with E-state index in [0.29, 0.717) is 16.2 Å². The van der Waals surface area contributed by atoms with Crippen LogP contribution in [0.15, 0.2) is 16.7 Å². The number of pyridine rings is 1. The topological polar surface area (TPSA) is 68.1 Å². The lowest BCUT2D eigenvalue weighted by Crippen LogP contribution is -2.19. The van der Waals surface area contributed by atoms with Gasteiger partial charge in [-0.05, 0) is 59.4 Å². The normalized spacial score (nSPS) is 18.6. The Morgan fingerprint density at radius 3 is 2.58 bits per heavy atom. The molecule has 2 saturated carbocycles. The van der Waals surface area contributed by atoms with E-state index in [0.717, 1.165) is 18.4 Å². The second-order valence-corrected chi connectivity index (χ2v) is 6.41. The van der Waals surface area contributed by atoms with Gasteiger partial charge in [-0.3, -0.25) is 10.1 Å². The highest BCUT2D eigenvalue weighted by molar-refractivity contribution is 9.10. The summed E-state index contributed by atoms with van der Waals surface area (Å²) in [6.07, 6.45) is 6.87. The lowest BCUT2D eigenvalue weighted by molar-refractivity contribution is -0.384. The molecule has 102 valence electrons. The van der Waals surface area contributed by atoms with Crippen molar-refractivity contribution in [3.05, 3.63) is 26.9 Å². The van der Waals surface area contributed by atoms with Crippen LogP contribution in [0.25, 0.3) is 0 Å². The summed E-state index contributed by atoms with van der Waals surface area (Å²) in [6.45, 7) is 0.810. The molecule has 2 fully saturated rings. The molecular weight excluding hydrogens is 310 g/mol. The van der Waals surface area contributed by atoms with E-state index in [1.165, 1.54) is 31.7 Å². The minimum Gasteiger partial charge on any atom is -0.364 e. The van der Waals surface area contributed by atoms with Gasteiger partial charge in [0.15, 0.2) is 0 Å². The fourth-order valence-corrected chi connectivity index (χ4v) is 3.00. The Morgan fingerprint density at radius 1 is 1.42 bits per heavy atom. The first-order valence-electron chi connectivity index (χ1n) is 6.69. The third-order valence-electron chi connectivity index (χ3n) is 3.99. The summed E-state index contributed by atoms with van der Waals surface area (Å²) in [4.78, 5) is 14.8. The van der Waals surface area contributed by atoms with Crippen LogP contribution in [-0.2, 0) is 0 Å². The maximum Gasteiger partial charge on any atom is 0.312 e. The van der Waals surface area contributed by atoms with E-state index >= 15 is 0 Å². The Kier molecular flexibility index (Phi) is 3.43. The highest BCUT2D eigenvalue weighted by atomic mass is 79.9. The van der Waals surface area contributed by atoms with Crippen molar-refractivity contribution >= 4 is 27.4 Å². The van der Waals surface area contributed by atoms with Gasteiger partial charge in [-0.25, -0.2) is 4.98 Å². The molecular formula is C13H16BrN3O2. The van der Waals surface area contributed by atoms with Gasteiger partial charge in [0.05, 0.1) is 4.92 Å². The highest BCUT2D eigenvalue weighted by Crippen LogP contribution is 2.49. The Balaban J connectivity index is 1.70. The molecule has 0 unspecified atom stereocenters. The van der Waals surface area contributed by atoms with Crippen LogP contribution in [0.5, 0.6) is 0 Å². The molecule has 0 saturated heterocycles. The van der Waals surface area contributed by atoms with E-state index in [1.54, 1.807) is 6.20 Å². The predicted molar refractivity (Wildman–Crippen MR) is 76.0 cm³/mol. The number of rotatable bonds is 6. The summed E-state index contributed by atoms with van der Waals surface area (Å²) in [7, 11) is 0. The number of halogens is 1. The molecule has 6 heteroatoms. The van der Waals surface area contributed by atoms with Crippen molar-refractivity contribution in [1.29, 1.82) is 0 Å². The largest absolute Gasteiger partial charge is 0.364 e. The molecule has 0 aromatic carbocycles. The molecule has 0 radical (unpaired) electrons. The Hall–Kier alpha value is -1.17. The van der Waals surface area contributed by atoms with Gasteiger partial charge in [-0.15, -0.1) is 0 Å². The van der Waals surface area contributed by atoms with Gasteiger partial charge in [0.2, 0.25) is 5.82 Å². The van der Waals surface area contributed by atoms with Crippen molar-refractivity contribution in [1.82, 2.24) is 4.98 Å². The fraction of sp³-hybridized carbons (Fsp3) is 0.615. The van der Waals surface area contributed by atoms with E-state index in [1.807, 2.05) is 0 Å². The van der Waals surface area contributed by atoms with E-state index in [2.05, 4.69) is 26.2 Å². The molecule has 2 aliphatic rings. The summed E-state index contributed by atoms with van der Waals surface area (Å²) in [5, 5.41) is 14.2. The molecule has 0 bridgehead atoms. The average Bonchev–Trinajstić information content (AvgIpc) is 3.25. The van der Waals surface area contributed by atoms with E-state index < -0.39 is 0 Å². The molecule has 19 heavy (non-hydrogen) atoms. The number of aromatic nitrogens is 1. The molecule has 1 N–H and O–H groups in total. The Labute approximate surface area is 120 Å². The number of anilines is 1. The Morgan fingerprint density at radius 2 is 2.05 bits per heavy atom. The molecule has 0 aliphatic heterocycles. The van der Waals surface area contributed by atoms with Crippen LogP contribution in [0.3, 0.4) is 0 Å². The zero-order valence-corrected chi connectivity index (χ0v) is 12.1. The summed E-state index contributed by atoms with van der Waals surface area (Å²) in [6, 6.07) is 1.50. The Bertz CT molecular complexity index is 489. The lowest BCUT2D eigenvalue weighted by Gasteiger charge is -2.16. The van der Waals surface area contributed by atoms with Crippen LogP contribution in [0.1, 0.15) is 25.7 Å². The SMILES string of the molecule is O=[N+]([O-])c1cc(Br)cnc1NCC(C1CC1)C1CC1. The molecule has 0 atom stereocenters. The number of hydrogen-bond donors (Lipinski definition) is 1. The van der Waals surface area contributed by atoms with Crippen molar-refractivity contribution in [3.63, 3.8) is 0 Å². The summed E-state index contributed by atoms with van der Waals surface area (Å²) < 4.78 is 0.630. The first-order chi connectivity index (χ1) is 9.15. The number of nitrogens with one attached hydrogen (secondary N) is 1. The zero-order valence-electron chi connectivity index (χ0n) is 10.5. The van der Waals surface area contributed by atoms with Crippen molar-refractivity contribution in [2.45, 2.75) is 25.7 Å². The molecule has 1 aromatic rings. The first kappa shape index (κ1) is 12.8. The summed E-state index contributed by atoms with van der Waals surface area (Å²) in [5.41, 5.74) is 0.0414. The minimum atomic E-state index is -0.386. The average molecular weight is 326 g/mol.